The van der Waals surface area contributed by atoms with Crippen LogP contribution >= 0.6 is 0 Å². The molecule has 2 aliphatic rings. The molecule has 0 aromatic carbocycles. The second kappa shape index (κ2) is 6.51. The van der Waals surface area contributed by atoms with Crippen LogP contribution in [0.2, 0.25) is 0 Å². The molecule has 24 heavy (non-hydrogen) atoms. The molecule has 2 amide bonds. The molecule has 0 bridgehead atoms. The minimum Gasteiger partial charge on any atom is -0.442 e. The van der Waals surface area contributed by atoms with E-state index in [1.165, 1.54) is 5.57 Å². The highest BCUT2D eigenvalue weighted by atomic mass is 16.6. The molecule has 1 atom stereocenters. The fourth-order valence-electron chi connectivity index (χ4n) is 2.60. The van der Waals surface area contributed by atoms with Gasteiger partial charge in [0.25, 0.3) is 0 Å². The van der Waals surface area contributed by atoms with Crippen LogP contribution in [0.4, 0.5) is 4.79 Å². The second-order valence-electron chi connectivity index (χ2n) is 7.53. The number of allylic oxidation sites excluding steroid dienone is 1. The van der Waals surface area contributed by atoms with Gasteiger partial charge in [0.2, 0.25) is 5.91 Å². The van der Waals surface area contributed by atoms with Crippen LogP contribution in [0, 0.1) is 4.91 Å². The molecule has 2 fully saturated rings. The summed E-state index contributed by atoms with van der Waals surface area (Å²) < 4.78 is 10.8. The smallest absolute Gasteiger partial charge is 0.434 e. The maximum Gasteiger partial charge on any atom is 0.434 e. The summed E-state index contributed by atoms with van der Waals surface area (Å²) in [5, 5.41) is 3.14. The monoisotopic (exact) mass is 339 g/mol. The van der Waals surface area contributed by atoms with Crippen molar-refractivity contribution in [2.45, 2.75) is 64.8 Å². The molecule has 8 heteroatoms. The summed E-state index contributed by atoms with van der Waals surface area (Å²) in [4.78, 5) is 37.2. The number of carbonyl (C=O) groups is 2. The van der Waals surface area contributed by atoms with Crippen molar-refractivity contribution < 1.29 is 19.1 Å². The van der Waals surface area contributed by atoms with Gasteiger partial charge in [-0.2, -0.15) is 5.01 Å². The van der Waals surface area contributed by atoms with Crippen molar-refractivity contribution in [3.05, 3.63) is 16.6 Å². The molecule has 0 spiro atoms. The Morgan fingerprint density at radius 1 is 1.42 bits per heavy atom. The Hall–Kier alpha value is -1.96. The number of nitroso groups, excluding NO2 is 1. The fourth-order valence-corrected chi connectivity index (χ4v) is 2.60. The summed E-state index contributed by atoms with van der Waals surface area (Å²) in [5.74, 6) is -0.412. The molecule has 0 unspecified atom stereocenters. The molecule has 8 nitrogen and oxygen atoms in total. The predicted octanol–water partition coefficient (Wildman–Crippen LogP) is 2.59. The molecule has 1 heterocycles. The van der Waals surface area contributed by atoms with Gasteiger partial charge < -0.3 is 14.4 Å². The molecule has 0 radical (unpaired) electrons. The fraction of sp³-hybridized carbons (Fsp3) is 0.750. The lowest BCUT2D eigenvalue weighted by Crippen LogP contribution is -2.51. The topological polar surface area (TPSA) is 88.5 Å². The van der Waals surface area contributed by atoms with Crippen LogP contribution in [0.15, 0.2) is 16.9 Å². The number of amides is 2. The molecule has 1 aliphatic heterocycles. The maximum atomic E-state index is 12.7. The average Bonchev–Trinajstić information content (AvgIpc) is 3.18. The van der Waals surface area contributed by atoms with Crippen molar-refractivity contribution in [1.29, 1.82) is 0 Å². The molecule has 0 aromatic heterocycles. The van der Waals surface area contributed by atoms with E-state index in [1.807, 2.05) is 6.08 Å². The highest BCUT2D eigenvalue weighted by Crippen LogP contribution is 2.34. The van der Waals surface area contributed by atoms with E-state index in [4.69, 9.17) is 9.47 Å². The molecule has 134 valence electrons. The third-order valence-corrected chi connectivity index (χ3v) is 3.74. The Balaban J connectivity index is 2.08. The van der Waals surface area contributed by atoms with Crippen LogP contribution in [0.25, 0.3) is 0 Å². The molecular formula is C16H25N3O5. The number of hydrogen-bond acceptors (Lipinski definition) is 6. The summed E-state index contributed by atoms with van der Waals surface area (Å²) in [6, 6.07) is -0.197. The second-order valence-corrected chi connectivity index (χ2v) is 7.53. The lowest BCUT2D eigenvalue weighted by molar-refractivity contribution is -0.146. The van der Waals surface area contributed by atoms with Gasteiger partial charge >= 0.3 is 6.09 Å². The minimum atomic E-state index is -0.944. The van der Waals surface area contributed by atoms with E-state index in [0.717, 1.165) is 12.8 Å². The zero-order valence-corrected chi connectivity index (χ0v) is 14.9. The van der Waals surface area contributed by atoms with E-state index in [1.54, 1.807) is 39.5 Å². The van der Waals surface area contributed by atoms with Gasteiger partial charge in [0.1, 0.15) is 17.9 Å². The van der Waals surface area contributed by atoms with Gasteiger partial charge in [0.15, 0.2) is 0 Å². The van der Waals surface area contributed by atoms with Crippen LogP contribution in [-0.4, -0.2) is 52.4 Å². The summed E-state index contributed by atoms with van der Waals surface area (Å²) >= 11 is 0. The first-order valence-corrected chi connectivity index (χ1v) is 8.03. The zero-order valence-electron chi connectivity index (χ0n) is 14.9. The third kappa shape index (κ3) is 4.53. The van der Waals surface area contributed by atoms with E-state index >= 15 is 0 Å². The highest BCUT2D eigenvalue weighted by molar-refractivity contribution is 5.83. The number of rotatable bonds is 4. The lowest BCUT2D eigenvalue weighted by atomic mass is 10.2. The molecule has 0 aromatic rings. The summed E-state index contributed by atoms with van der Waals surface area (Å²) in [5.41, 5.74) is -0.301. The molecule has 2 rings (SSSR count). The van der Waals surface area contributed by atoms with Crippen molar-refractivity contribution in [2.24, 2.45) is 5.29 Å². The molecule has 1 aliphatic carbocycles. The van der Waals surface area contributed by atoms with E-state index < -0.39 is 29.9 Å². The Kier molecular flexibility index (Phi) is 4.98. The first kappa shape index (κ1) is 18.4. The Morgan fingerprint density at radius 2 is 2.04 bits per heavy atom. The summed E-state index contributed by atoms with van der Waals surface area (Å²) in [6.45, 7) is 8.49. The Bertz CT molecular complexity index is 559. The van der Waals surface area contributed by atoms with Crippen LogP contribution < -0.4 is 0 Å². The quantitative estimate of drug-likeness (QED) is 0.446. The summed E-state index contributed by atoms with van der Waals surface area (Å²) in [7, 11) is 0. The highest BCUT2D eigenvalue weighted by Gasteiger charge is 2.44. The van der Waals surface area contributed by atoms with Gasteiger partial charge in [0, 0.05) is 0 Å². The molecular weight excluding hydrogens is 314 g/mol. The molecule has 1 saturated carbocycles. The van der Waals surface area contributed by atoms with Gasteiger partial charge in [0.05, 0.1) is 17.9 Å². The van der Waals surface area contributed by atoms with Gasteiger partial charge in [-0.15, -0.1) is 4.91 Å². The lowest BCUT2D eigenvalue weighted by Gasteiger charge is -2.33. The first-order chi connectivity index (χ1) is 11.0. The van der Waals surface area contributed by atoms with Gasteiger partial charge in [-0.3, -0.25) is 4.79 Å². The van der Waals surface area contributed by atoms with Gasteiger partial charge in [-0.1, -0.05) is 11.6 Å². The van der Waals surface area contributed by atoms with E-state index in [2.05, 4.69) is 5.29 Å². The van der Waals surface area contributed by atoms with Crippen molar-refractivity contribution in [1.82, 2.24) is 9.91 Å². The van der Waals surface area contributed by atoms with Crippen LogP contribution in [0.1, 0.15) is 47.5 Å². The Labute approximate surface area is 141 Å². The van der Waals surface area contributed by atoms with Crippen molar-refractivity contribution in [3.8, 4) is 0 Å². The van der Waals surface area contributed by atoms with Crippen molar-refractivity contribution in [2.75, 3.05) is 13.2 Å². The first-order valence-electron chi connectivity index (χ1n) is 8.03. The molecule has 0 N–H and O–H groups in total. The van der Waals surface area contributed by atoms with Crippen molar-refractivity contribution in [3.63, 3.8) is 0 Å². The maximum absolute atomic E-state index is 12.7. The number of hydrogen-bond donors (Lipinski definition) is 0. The predicted molar refractivity (Wildman–Crippen MR) is 86.7 cm³/mol. The van der Waals surface area contributed by atoms with Crippen molar-refractivity contribution >= 4 is 12.0 Å². The summed E-state index contributed by atoms with van der Waals surface area (Å²) in [6.07, 6.45) is 3.16. The average molecular weight is 339 g/mol. The van der Waals surface area contributed by atoms with E-state index in [-0.39, 0.29) is 6.04 Å². The van der Waals surface area contributed by atoms with E-state index in [9.17, 15) is 14.5 Å². The van der Waals surface area contributed by atoms with Crippen LogP contribution in [0.5, 0.6) is 0 Å². The SMILES string of the molecule is CC(C)(C)OC(=O)N(CC(=O)N1[C@@H](C=C2CC2)COC1(C)C)N=O. The number of nitrogens with zero attached hydrogens (tertiary/aromatic N) is 3. The third-order valence-electron chi connectivity index (χ3n) is 3.74. The van der Waals surface area contributed by atoms with Crippen LogP contribution in [0.3, 0.4) is 0 Å². The minimum absolute atomic E-state index is 0.197. The number of carbonyl (C=O) groups excluding carboxylic acids is 2. The van der Waals surface area contributed by atoms with Gasteiger partial charge in [-0.25, -0.2) is 4.79 Å². The standard InChI is InChI=1S/C16H25N3O5/c1-15(2,3)24-14(21)18(17-22)9-13(20)19-12(8-11-6-7-11)10-23-16(19,4)5/h8,12H,6-7,9-10H2,1-5H3/t12-/m0/s1. The zero-order chi connectivity index (χ0) is 18.1. The van der Waals surface area contributed by atoms with Gasteiger partial charge in [-0.05, 0) is 47.5 Å². The molecule has 1 saturated heterocycles. The van der Waals surface area contributed by atoms with Crippen LogP contribution in [-0.2, 0) is 14.3 Å². The van der Waals surface area contributed by atoms with E-state index in [0.29, 0.717) is 11.6 Å². The number of ether oxygens (including phenoxy) is 2. The largest absolute Gasteiger partial charge is 0.442 e. The normalized spacial score (nSPS) is 22.1. The Morgan fingerprint density at radius 3 is 2.54 bits per heavy atom.